The topological polar surface area (TPSA) is 35.6 Å². The summed E-state index contributed by atoms with van der Waals surface area (Å²) in [5.41, 5.74) is 1.39. The first kappa shape index (κ1) is 23.3. The normalized spacial score (nSPS) is 14.0. The van der Waals surface area contributed by atoms with E-state index in [-0.39, 0.29) is 19.0 Å². The summed E-state index contributed by atoms with van der Waals surface area (Å²) < 4.78 is 68.5. The standard InChI is InChI=1S/C25H20F5N3O/c26-20-21(27)23(29)25(24(30)22(20)28)33-14-12-32(13-15-33)18-9-7-17(8-10-18)31-19(34)11-6-16-4-2-1-3-5-16/h1-11H,12-15H2,(H,31,34)/b11-6+. The van der Waals surface area contributed by atoms with Crippen molar-refractivity contribution in [1.29, 1.82) is 0 Å². The molecular weight excluding hydrogens is 453 g/mol. The van der Waals surface area contributed by atoms with Crippen molar-refractivity contribution < 1.29 is 26.7 Å². The zero-order valence-corrected chi connectivity index (χ0v) is 17.9. The molecule has 1 aliphatic heterocycles. The highest BCUT2D eigenvalue weighted by atomic mass is 19.2. The second-order valence-corrected chi connectivity index (χ2v) is 7.67. The number of nitrogens with zero attached hydrogens (tertiary/aromatic N) is 2. The van der Waals surface area contributed by atoms with Crippen LogP contribution in [-0.2, 0) is 4.79 Å². The zero-order chi connectivity index (χ0) is 24.2. The van der Waals surface area contributed by atoms with Crippen LogP contribution < -0.4 is 15.1 Å². The monoisotopic (exact) mass is 473 g/mol. The van der Waals surface area contributed by atoms with Crippen molar-refractivity contribution in [3.63, 3.8) is 0 Å². The molecule has 1 aliphatic rings. The van der Waals surface area contributed by atoms with E-state index in [1.165, 1.54) is 6.08 Å². The molecule has 1 amide bonds. The van der Waals surface area contributed by atoms with Crippen molar-refractivity contribution in [1.82, 2.24) is 0 Å². The summed E-state index contributed by atoms with van der Waals surface area (Å²) in [5, 5.41) is 2.76. The number of hydrogen-bond acceptors (Lipinski definition) is 3. The van der Waals surface area contributed by atoms with Gasteiger partial charge in [-0.2, -0.15) is 0 Å². The first-order valence-corrected chi connectivity index (χ1v) is 10.5. The average Bonchev–Trinajstić information content (AvgIpc) is 2.87. The van der Waals surface area contributed by atoms with Crippen LogP contribution in [0.1, 0.15) is 5.56 Å². The van der Waals surface area contributed by atoms with E-state index in [9.17, 15) is 26.7 Å². The van der Waals surface area contributed by atoms with Gasteiger partial charge in [0.05, 0.1) is 0 Å². The molecule has 0 aromatic heterocycles. The Morgan fingerprint density at radius 1 is 0.706 bits per heavy atom. The third-order valence-electron chi connectivity index (χ3n) is 5.51. The number of amides is 1. The van der Waals surface area contributed by atoms with Gasteiger partial charge in [-0.25, -0.2) is 22.0 Å². The van der Waals surface area contributed by atoms with Crippen LogP contribution in [-0.4, -0.2) is 32.1 Å². The fourth-order valence-corrected chi connectivity index (χ4v) is 3.73. The molecule has 0 radical (unpaired) electrons. The van der Waals surface area contributed by atoms with Crippen molar-refractivity contribution in [3.8, 4) is 0 Å². The Kier molecular flexibility index (Phi) is 6.81. The minimum atomic E-state index is -2.17. The second kappa shape index (κ2) is 9.94. The Hall–Kier alpha value is -3.88. The lowest BCUT2D eigenvalue weighted by molar-refractivity contribution is -0.111. The van der Waals surface area contributed by atoms with E-state index >= 15 is 0 Å². The van der Waals surface area contributed by atoms with E-state index in [0.29, 0.717) is 18.8 Å². The number of anilines is 3. The van der Waals surface area contributed by atoms with Crippen LogP contribution in [0.3, 0.4) is 0 Å². The van der Waals surface area contributed by atoms with Crippen molar-refractivity contribution in [2.24, 2.45) is 0 Å². The molecule has 0 unspecified atom stereocenters. The Morgan fingerprint density at radius 2 is 1.24 bits per heavy atom. The average molecular weight is 473 g/mol. The quantitative estimate of drug-likeness (QED) is 0.235. The molecule has 1 saturated heterocycles. The molecule has 9 heteroatoms. The highest BCUT2D eigenvalue weighted by molar-refractivity contribution is 6.02. The summed E-state index contributed by atoms with van der Waals surface area (Å²) in [7, 11) is 0. The second-order valence-electron chi connectivity index (χ2n) is 7.67. The predicted molar refractivity (Wildman–Crippen MR) is 121 cm³/mol. The lowest BCUT2D eigenvalue weighted by Crippen LogP contribution is -2.47. The molecular formula is C25H20F5N3O. The Bertz CT molecular complexity index is 1180. The van der Waals surface area contributed by atoms with Gasteiger partial charge >= 0.3 is 0 Å². The SMILES string of the molecule is O=C(/C=C/c1ccccc1)Nc1ccc(N2CCN(c3c(F)c(F)c(F)c(F)c3F)CC2)cc1. The van der Waals surface area contributed by atoms with E-state index < -0.39 is 34.8 Å². The number of rotatable bonds is 5. The molecule has 3 aromatic rings. The van der Waals surface area contributed by atoms with Crippen molar-refractivity contribution in [2.45, 2.75) is 0 Å². The Labute approximate surface area is 192 Å². The van der Waals surface area contributed by atoms with Crippen LogP contribution in [0, 0.1) is 29.1 Å². The van der Waals surface area contributed by atoms with E-state index in [0.717, 1.165) is 16.2 Å². The van der Waals surface area contributed by atoms with E-state index in [4.69, 9.17) is 0 Å². The number of hydrogen-bond donors (Lipinski definition) is 1. The van der Waals surface area contributed by atoms with Gasteiger partial charge in [0.25, 0.3) is 0 Å². The Morgan fingerprint density at radius 3 is 1.82 bits per heavy atom. The van der Waals surface area contributed by atoms with Crippen LogP contribution in [0.5, 0.6) is 0 Å². The van der Waals surface area contributed by atoms with Gasteiger partial charge in [0, 0.05) is 43.6 Å². The van der Waals surface area contributed by atoms with Crippen LogP contribution in [0.4, 0.5) is 39.0 Å². The number of benzene rings is 3. The smallest absolute Gasteiger partial charge is 0.248 e. The maximum atomic E-state index is 14.1. The van der Waals surface area contributed by atoms with Crippen molar-refractivity contribution in [2.75, 3.05) is 41.3 Å². The summed E-state index contributed by atoms with van der Waals surface area (Å²) in [5.74, 6) is -10.0. The fraction of sp³-hybridized carbons (Fsp3) is 0.160. The molecule has 0 saturated carbocycles. The lowest BCUT2D eigenvalue weighted by Gasteiger charge is -2.37. The number of piperazine rings is 1. The molecule has 0 spiro atoms. The van der Waals surface area contributed by atoms with Crippen LogP contribution in [0.2, 0.25) is 0 Å². The molecule has 0 atom stereocenters. The van der Waals surface area contributed by atoms with Gasteiger partial charge in [-0.05, 0) is 35.9 Å². The first-order valence-electron chi connectivity index (χ1n) is 10.5. The fourth-order valence-electron chi connectivity index (χ4n) is 3.73. The zero-order valence-electron chi connectivity index (χ0n) is 17.9. The molecule has 0 bridgehead atoms. The van der Waals surface area contributed by atoms with Crippen molar-refractivity contribution in [3.05, 3.63) is 95.3 Å². The van der Waals surface area contributed by atoms with Gasteiger partial charge in [-0.1, -0.05) is 30.3 Å². The van der Waals surface area contributed by atoms with Crippen LogP contribution >= 0.6 is 0 Å². The number of carbonyl (C=O) groups is 1. The summed E-state index contributed by atoms with van der Waals surface area (Å²) >= 11 is 0. The van der Waals surface area contributed by atoms with Gasteiger partial charge in [-0.15, -0.1) is 0 Å². The van der Waals surface area contributed by atoms with Gasteiger partial charge in [0.1, 0.15) is 5.69 Å². The van der Waals surface area contributed by atoms with Gasteiger partial charge in [0.2, 0.25) is 11.7 Å². The number of nitrogens with one attached hydrogen (secondary N) is 1. The molecule has 176 valence electrons. The van der Waals surface area contributed by atoms with Crippen LogP contribution in [0.25, 0.3) is 6.08 Å². The molecule has 4 nitrogen and oxygen atoms in total. The predicted octanol–water partition coefficient (Wildman–Crippen LogP) is 5.36. The third kappa shape index (κ3) is 4.88. The molecule has 34 heavy (non-hydrogen) atoms. The molecule has 1 N–H and O–H groups in total. The molecule has 4 rings (SSSR count). The molecule has 0 aliphatic carbocycles. The molecule has 1 heterocycles. The highest BCUT2D eigenvalue weighted by Gasteiger charge is 2.30. The maximum Gasteiger partial charge on any atom is 0.248 e. The molecule has 1 fully saturated rings. The lowest BCUT2D eigenvalue weighted by atomic mass is 10.2. The van der Waals surface area contributed by atoms with Gasteiger partial charge in [-0.3, -0.25) is 4.79 Å². The Balaban J connectivity index is 1.37. The van der Waals surface area contributed by atoms with E-state index in [1.54, 1.807) is 30.3 Å². The highest BCUT2D eigenvalue weighted by Crippen LogP contribution is 2.31. The summed E-state index contributed by atoms with van der Waals surface area (Å²) in [4.78, 5) is 15.2. The summed E-state index contributed by atoms with van der Waals surface area (Å²) in [6.45, 7) is 0.762. The van der Waals surface area contributed by atoms with Crippen molar-refractivity contribution >= 4 is 29.0 Å². The summed E-state index contributed by atoms with van der Waals surface area (Å²) in [6, 6.07) is 16.4. The largest absolute Gasteiger partial charge is 0.368 e. The minimum Gasteiger partial charge on any atom is -0.368 e. The third-order valence-corrected chi connectivity index (χ3v) is 5.51. The summed E-state index contributed by atoms with van der Waals surface area (Å²) in [6.07, 6.45) is 3.13. The number of halogens is 5. The van der Waals surface area contributed by atoms with Crippen LogP contribution in [0.15, 0.2) is 60.7 Å². The first-order chi connectivity index (χ1) is 16.3. The van der Waals surface area contributed by atoms with E-state index in [2.05, 4.69) is 5.32 Å². The number of carbonyl (C=O) groups excluding carboxylic acids is 1. The minimum absolute atomic E-state index is 0.0706. The molecule has 3 aromatic carbocycles. The van der Waals surface area contributed by atoms with E-state index in [1.807, 2.05) is 35.2 Å². The maximum absolute atomic E-state index is 14.1. The van der Waals surface area contributed by atoms with Gasteiger partial charge in [0.15, 0.2) is 23.3 Å². The van der Waals surface area contributed by atoms with Gasteiger partial charge < -0.3 is 15.1 Å².